The molecule has 2 heterocycles. The van der Waals surface area contributed by atoms with Crippen molar-refractivity contribution < 1.29 is 4.79 Å². The lowest BCUT2D eigenvalue weighted by Gasteiger charge is -2.12. The van der Waals surface area contributed by atoms with Crippen LogP contribution in [0, 0.1) is 0 Å². The predicted molar refractivity (Wildman–Crippen MR) is 107 cm³/mol. The van der Waals surface area contributed by atoms with Gasteiger partial charge in [0.15, 0.2) is 5.16 Å². The van der Waals surface area contributed by atoms with Crippen LogP contribution in [0.1, 0.15) is 23.2 Å². The van der Waals surface area contributed by atoms with Gasteiger partial charge in [0, 0.05) is 29.9 Å². The maximum Gasteiger partial charge on any atom is 0.233 e. The molecule has 0 aliphatic rings. The summed E-state index contributed by atoms with van der Waals surface area (Å²) in [7, 11) is 1.93. The van der Waals surface area contributed by atoms with E-state index in [2.05, 4.69) is 21.6 Å². The topological polar surface area (TPSA) is 59.8 Å². The van der Waals surface area contributed by atoms with Crippen molar-refractivity contribution in [3.05, 3.63) is 63.1 Å². The lowest BCUT2D eigenvalue weighted by atomic mass is 10.2. The minimum atomic E-state index is -0.282. The molecule has 3 aromatic rings. The van der Waals surface area contributed by atoms with Crippen LogP contribution in [-0.2, 0) is 24.8 Å². The number of nitrogens with one attached hydrogen (secondary N) is 1. The van der Waals surface area contributed by atoms with Crippen molar-refractivity contribution >= 4 is 40.6 Å². The molecule has 0 unspecified atom stereocenters. The Bertz CT molecular complexity index is 879. The molecule has 0 aliphatic carbocycles. The Morgan fingerprint density at radius 2 is 2.12 bits per heavy atom. The smallest absolute Gasteiger partial charge is 0.233 e. The quantitative estimate of drug-likeness (QED) is 0.604. The third-order valence-corrected chi connectivity index (χ3v) is 6.28. The van der Waals surface area contributed by atoms with Crippen molar-refractivity contribution in [3.63, 3.8) is 0 Å². The van der Waals surface area contributed by atoms with Crippen LogP contribution in [0.2, 0.25) is 5.02 Å². The van der Waals surface area contributed by atoms with Crippen molar-refractivity contribution in [3.8, 4) is 0 Å². The molecule has 8 heteroatoms. The van der Waals surface area contributed by atoms with Crippen LogP contribution in [0.25, 0.3) is 0 Å². The maximum atomic E-state index is 12.4. The van der Waals surface area contributed by atoms with Crippen LogP contribution in [0.3, 0.4) is 0 Å². The molecule has 136 valence electrons. The fourth-order valence-electron chi connectivity index (χ4n) is 2.35. The number of carbonyl (C=O) groups excluding carboxylic acids is 1. The van der Waals surface area contributed by atoms with Gasteiger partial charge in [-0.25, -0.2) is 0 Å². The second-order valence-corrected chi connectivity index (χ2v) is 8.53. The first-order valence-corrected chi connectivity index (χ1v) is 10.3. The number of benzene rings is 1. The van der Waals surface area contributed by atoms with Crippen LogP contribution in [-0.4, -0.2) is 25.9 Å². The number of aromatic nitrogens is 3. The minimum Gasteiger partial charge on any atom is -0.351 e. The van der Waals surface area contributed by atoms with Gasteiger partial charge >= 0.3 is 0 Å². The maximum absolute atomic E-state index is 12.4. The molecular formula is C18H19ClN4OS2. The van der Waals surface area contributed by atoms with E-state index in [4.69, 9.17) is 11.6 Å². The Morgan fingerprint density at radius 3 is 2.85 bits per heavy atom. The third kappa shape index (κ3) is 4.66. The molecule has 5 nitrogen and oxygen atoms in total. The van der Waals surface area contributed by atoms with Gasteiger partial charge in [0.25, 0.3) is 0 Å². The fourth-order valence-corrected chi connectivity index (χ4v) is 4.11. The van der Waals surface area contributed by atoms with E-state index in [-0.39, 0.29) is 11.2 Å². The van der Waals surface area contributed by atoms with Crippen LogP contribution >= 0.6 is 34.7 Å². The summed E-state index contributed by atoms with van der Waals surface area (Å²) in [5, 5.41) is 14.6. The molecule has 26 heavy (non-hydrogen) atoms. The molecule has 0 saturated heterocycles. The molecule has 0 spiro atoms. The van der Waals surface area contributed by atoms with E-state index in [9.17, 15) is 4.79 Å². The number of carbonyl (C=O) groups is 1. The second kappa shape index (κ2) is 8.70. The molecule has 0 bridgehead atoms. The van der Waals surface area contributed by atoms with Crippen LogP contribution in [0.15, 0.2) is 46.9 Å². The molecule has 1 amide bonds. The van der Waals surface area contributed by atoms with Crippen LogP contribution < -0.4 is 5.32 Å². The Kier molecular flexibility index (Phi) is 6.34. The number of halogens is 1. The summed E-state index contributed by atoms with van der Waals surface area (Å²) in [6.07, 6.45) is 0.745. The van der Waals surface area contributed by atoms with Gasteiger partial charge in [-0.05, 0) is 30.0 Å². The molecule has 2 aromatic heterocycles. The lowest BCUT2D eigenvalue weighted by molar-refractivity contribution is -0.120. The van der Waals surface area contributed by atoms with Crippen molar-refractivity contribution in [2.75, 3.05) is 0 Å². The predicted octanol–water partition coefficient (Wildman–Crippen LogP) is 3.92. The van der Waals surface area contributed by atoms with E-state index in [1.165, 1.54) is 16.6 Å². The summed E-state index contributed by atoms with van der Waals surface area (Å²) in [6.45, 7) is 2.27. The number of thioether (sulfide) groups is 1. The van der Waals surface area contributed by atoms with E-state index < -0.39 is 0 Å². The average molecular weight is 407 g/mol. The van der Waals surface area contributed by atoms with Gasteiger partial charge in [-0.15, -0.1) is 21.5 Å². The van der Waals surface area contributed by atoms with Crippen LogP contribution in [0.5, 0.6) is 0 Å². The molecule has 0 aliphatic heterocycles. The van der Waals surface area contributed by atoms with Gasteiger partial charge in [-0.3, -0.25) is 4.79 Å². The Labute approximate surface area is 165 Å². The van der Waals surface area contributed by atoms with E-state index in [0.29, 0.717) is 11.6 Å². The molecule has 0 saturated carbocycles. The number of thiophene rings is 1. The van der Waals surface area contributed by atoms with E-state index in [1.807, 2.05) is 54.3 Å². The summed E-state index contributed by atoms with van der Waals surface area (Å²) >= 11 is 9.22. The number of amides is 1. The summed E-state index contributed by atoms with van der Waals surface area (Å²) < 4.78 is 1.95. The highest BCUT2D eigenvalue weighted by atomic mass is 35.5. The molecule has 1 atom stereocenters. The highest BCUT2D eigenvalue weighted by molar-refractivity contribution is 8.00. The van der Waals surface area contributed by atoms with Gasteiger partial charge in [0.2, 0.25) is 5.91 Å². The van der Waals surface area contributed by atoms with Crippen molar-refractivity contribution in [2.45, 2.75) is 30.3 Å². The first kappa shape index (κ1) is 18.9. The van der Waals surface area contributed by atoms with Gasteiger partial charge in [-0.1, -0.05) is 47.6 Å². The molecule has 1 N–H and O–H groups in total. The van der Waals surface area contributed by atoms with Gasteiger partial charge in [0.1, 0.15) is 5.82 Å². The summed E-state index contributed by atoms with van der Waals surface area (Å²) in [5.41, 5.74) is 0.900. The second-order valence-electron chi connectivity index (χ2n) is 5.78. The lowest BCUT2D eigenvalue weighted by Crippen LogP contribution is -2.30. The SMILES string of the molecule is C[C@@H](Sc1nnc(Cc2cccs2)n1C)C(=O)NCc1ccccc1Cl. The largest absolute Gasteiger partial charge is 0.351 e. The van der Waals surface area contributed by atoms with E-state index >= 15 is 0 Å². The van der Waals surface area contributed by atoms with Gasteiger partial charge < -0.3 is 9.88 Å². The molecule has 0 fully saturated rings. The minimum absolute atomic E-state index is 0.0577. The monoisotopic (exact) mass is 406 g/mol. The van der Waals surface area contributed by atoms with E-state index in [0.717, 1.165) is 23.0 Å². The fraction of sp³-hybridized carbons (Fsp3) is 0.278. The van der Waals surface area contributed by atoms with Crippen LogP contribution in [0.4, 0.5) is 0 Å². The van der Waals surface area contributed by atoms with E-state index in [1.54, 1.807) is 11.3 Å². The average Bonchev–Trinajstić information content (AvgIpc) is 3.26. The third-order valence-electron chi connectivity index (χ3n) is 3.90. The normalized spacial score (nSPS) is 12.1. The zero-order valence-corrected chi connectivity index (χ0v) is 16.9. The Hall–Kier alpha value is -1.83. The highest BCUT2D eigenvalue weighted by Crippen LogP contribution is 2.23. The molecule has 1 aromatic carbocycles. The number of nitrogens with zero attached hydrogens (tertiary/aromatic N) is 3. The van der Waals surface area contributed by atoms with Crippen molar-refractivity contribution in [2.24, 2.45) is 7.05 Å². The first-order valence-electron chi connectivity index (χ1n) is 8.13. The van der Waals surface area contributed by atoms with Gasteiger partial charge in [0.05, 0.1) is 5.25 Å². The van der Waals surface area contributed by atoms with Crippen molar-refractivity contribution in [1.29, 1.82) is 0 Å². The van der Waals surface area contributed by atoms with Crippen molar-refractivity contribution in [1.82, 2.24) is 20.1 Å². The summed E-state index contributed by atoms with van der Waals surface area (Å²) in [5.74, 6) is 0.830. The number of hydrogen-bond donors (Lipinski definition) is 1. The zero-order valence-electron chi connectivity index (χ0n) is 14.5. The Balaban J connectivity index is 1.57. The number of rotatable bonds is 7. The molecule has 0 radical (unpaired) electrons. The highest BCUT2D eigenvalue weighted by Gasteiger charge is 2.19. The Morgan fingerprint density at radius 1 is 1.31 bits per heavy atom. The van der Waals surface area contributed by atoms with Gasteiger partial charge in [-0.2, -0.15) is 0 Å². The summed E-state index contributed by atoms with van der Waals surface area (Å²) in [6, 6.07) is 11.6. The number of hydrogen-bond acceptors (Lipinski definition) is 5. The standard InChI is InChI=1S/C18H19ClN4OS2/c1-12(17(24)20-11-13-6-3-4-8-15(13)19)26-18-22-21-16(23(18)2)10-14-7-5-9-25-14/h3-9,12H,10-11H2,1-2H3,(H,20,24)/t12-/m1/s1. The molecule has 3 rings (SSSR count). The molecular weight excluding hydrogens is 388 g/mol. The zero-order chi connectivity index (χ0) is 18.5. The first-order chi connectivity index (χ1) is 12.5. The summed E-state index contributed by atoms with van der Waals surface area (Å²) in [4.78, 5) is 13.6.